The average molecular weight is 523 g/mol. The van der Waals surface area contributed by atoms with Crippen molar-refractivity contribution in [1.29, 1.82) is 0 Å². The lowest BCUT2D eigenvalue weighted by atomic mass is 9.76. The summed E-state index contributed by atoms with van der Waals surface area (Å²) in [5, 5.41) is 19.4. The molecule has 0 aromatic heterocycles. The van der Waals surface area contributed by atoms with Crippen LogP contribution in [0.1, 0.15) is 52.6 Å². The number of carbonyl (C=O) groups excluding carboxylic acids is 2. The van der Waals surface area contributed by atoms with Crippen molar-refractivity contribution in [2.75, 3.05) is 0 Å². The van der Waals surface area contributed by atoms with Crippen LogP contribution in [0.5, 0.6) is 0 Å². The van der Waals surface area contributed by atoms with E-state index in [-0.39, 0.29) is 33.8 Å². The maximum absolute atomic E-state index is 14.0. The largest absolute Gasteiger partial charge is 0.543 e. The van der Waals surface area contributed by atoms with Gasteiger partial charge in [-0.2, -0.15) is 0 Å². The van der Waals surface area contributed by atoms with Crippen molar-refractivity contribution in [2.45, 2.75) is 39.3 Å². The highest BCUT2D eigenvalue weighted by molar-refractivity contribution is 6.71. The number of benzene rings is 2. The van der Waals surface area contributed by atoms with Crippen LogP contribution in [0.2, 0.25) is 39.3 Å². The molecule has 0 atom stereocenters. The van der Waals surface area contributed by atoms with Crippen molar-refractivity contribution in [3.05, 3.63) is 80.9 Å². The molecule has 0 bridgehead atoms. The first-order chi connectivity index (χ1) is 16.6. The molecule has 8 nitrogen and oxygen atoms in total. The van der Waals surface area contributed by atoms with E-state index in [4.69, 9.17) is 8.85 Å². The predicted molar refractivity (Wildman–Crippen MR) is 138 cm³/mol. The van der Waals surface area contributed by atoms with E-state index in [0.29, 0.717) is 11.1 Å². The SMILES string of the molecule is C[Si](C)(C)OC1=C2C(=O)c3cc(C(=O)O)c(C(=O)O)cc3C(O[Si](C)(C)C)=C2C(=O)c2ccccc21. The van der Waals surface area contributed by atoms with Crippen LogP contribution in [0.4, 0.5) is 0 Å². The van der Waals surface area contributed by atoms with Gasteiger partial charge in [0.2, 0.25) is 16.6 Å². The van der Waals surface area contributed by atoms with Gasteiger partial charge in [0.15, 0.2) is 11.6 Å². The summed E-state index contributed by atoms with van der Waals surface area (Å²) in [4.78, 5) is 51.6. The quantitative estimate of drug-likeness (QED) is 0.489. The Bertz CT molecular complexity index is 1430. The fourth-order valence-corrected chi connectivity index (χ4v) is 5.88. The van der Waals surface area contributed by atoms with Gasteiger partial charge in [0, 0.05) is 22.3 Å². The smallest absolute Gasteiger partial charge is 0.336 e. The number of fused-ring (bicyclic) bond motifs is 3. The normalized spacial score (nSPS) is 15.3. The van der Waals surface area contributed by atoms with Gasteiger partial charge in [0.25, 0.3) is 0 Å². The minimum absolute atomic E-state index is 0.0151. The first-order valence-electron chi connectivity index (χ1n) is 11.3. The minimum Gasteiger partial charge on any atom is -0.543 e. The first-order valence-corrected chi connectivity index (χ1v) is 18.1. The molecule has 0 aliphatic heterocycles. The molecule has 0 spiro atoms. The molecule has 2 N–H and O–H groups in total. The molecule has 2 aliphatic carbocycles. The Morgan fingerprint density at radius 2 is 1.03 bits per heavy atom. The number of carboxylic acid groups (broad SMARTS) is 2. The van der Waals surface area contributed by atoms with E-state index in [1.807, 2.05) is 39.3 Å². The lowest BCUT2D eigenvalue weighted by molar-refractivity contribution is 0.0651. The molecule has 0 radical (unpaired) electrons. The summed E-state index contributed by atoms with van der Waals surface area (Å²) < 4.78 is 12.7. The van der Waals surface area contributed by atoms with Crippen molar-refractivity contribution >= 4 is 51.7 Å². The number of carbonyl (C=O) groups is 4. The number of hydrogen-bond acceptors (Lipinski definition) is 6. The van der Waals surface area contributed by atoms with E-state index < -0.39 is 51.3 Å². The highest BCUT2D eigenvalue weighted by atomic mass is 28.4. The second kappa shape index (κ2) is 8.42. The molecule has 36 heavy (non-hydrogen) atoms. The Balaban J connectivity index is 2.19. The molecule has 0 unspecified atom stereocenters. The number of rotatable bonds is 6. The maximum atomic E-state index is 14.0. The molecule has 2 aromatic rings. The van der Waals surface area contributed by atoms with E-state index >= 15 is 0 Å². The highest BCUT2D eigenvalue weighted by Gasteiger charge is 2.44. The predicted octanol–water partition coefficient (Wildman–Crippen LogP) is 5.30. The van der Waals surface area contributed by atoms with Crippen molar-refractivity contribution in [3.8, 4) is 0 Å². The Labute approximate surface area is 210 Å². The molecule has 0 fully saturated rings. The molecule has 4 rings (SSSR count). The summed E-state index contributed by atoms with van der Waals surface area (Å²) in [5.41, 5.74) is -0.131. The van der Waals surface area contributed by atoms with Crippen LogP contribution >= 0.6 is 0 Å². The van der Waals surface area contributed by atoms with Crippen LogP contribution in [0.15, 0.2) is 47.5 Å². The van der Waals surface area contributed by atoms with Crippen LogP contribution in [0.3, 0.4) is 0 Å². The number of ketones is 2. The summed E-state index contributed by atoms with van der Waals surface area (Å²) in [6.45, 7) is 11.5. The van der Waals surface area contributed by atoms with Gasteiger partial charge in [-0.15, -0.1) is 0 Å². The zero-order valence-corrected chi connectivity index (χ0v) is 22.8. The van der Waals surface area contributed by atoms with E-state index in [1.165, 1.54) is 0 Å². The summed E-state index contributed by atoms with van der Waals surface area (Å²) in [6, 6.07) is 9.00. The minimum atomic E-state index is -2.42. The van der Waals surface area contributed by atoms with Crippen LogP contribution in [0, 0.1) is 0 Å². The van der Waals surface area contributed by atoms with Crippen LogP contribution in [0.25, 0.3) is 11.5 Å². The molecular formula is C26H26O8Si2. The van der Waals surface area contributed by atoms with Gasteiger partial charge in [-0.25, -0.2) is 9.59 Å². The van der Waals surface area contributed by atoms with Gasteiger partial charge in [0.05, 0.1) is 22.3 Å². The fraction of sp³-hybridized carbons (Fsp3) is 0.231. The molecule has 0 amide bonds. The fourth-order valence-electron chi connectivity index (χ4n) is 4.23. The van der Waals surface area contributed by atoms with Gasteiger partial charge in [0.1, 0.15) is 11.5 Å². The third-order valence-electron chi connectivity index (χ3n) is 5.50. The number of carboxylic acids is 2. The lowest BCUT2D eigenvalue weighted by Gasteiger charge is -2.35. The second-order valence-corrected chi connectivity index (χ2v) is 19.5. The summed E-state index contributed by atoms with van der Waals surface area (Å²) in [5.74, 6) is -3.67. The van der Waals surface area contributed by atoms with E-state index in [1.54, 1.807) is 24.3 Å². The van der Waals surface area contributed by atoms with E-state index in [9.17, 15) is 29.4 Å². The Morgan fingerprint density at radius 1 is 0.639 bits per heavy atom. The highest BCUT2D eigenvalue weighted by Crippen LogP contribution is 2.46. The van der Waals surface area contributed by atoms with Crippen LogP contribution in [-0.2, 0) is 8.85 Å². The molecular weight excluding hydrogens is 496 g/mol. The monoisotopic (exact) mass is 522 g/mol. The lowest BCUT2D eigenvalue weighted by Crippen LogP contribution is -2.34. The topological polar surface area (TPSA) is 127 Å². The molecule has 186 valence electrons. The van der Waals surface area contributed by atoms with Gasteiger partial charge in [-0.05, 0) is 51.4 Å². The van der Waals surface area contributed by atoms with E-state index in [2.05, 4.69) is 0 Å². The molecule has 0 saturated carbocycles. The van der Waals surface area contributed by atoms with E-state index in [0.717, 1.165) is 12.1 Å². The van der Waals surface area contributed by atoms with Gasteiger partial charge in [-0.3, -0.25) is 9.59 Å². The van der Waals surface area contributed by atoms with Crippen molar-refractivity contribution in [1.82, 2.24) is 0 Å². The maximum Gasteiger partial charge on any atom is 0.336 e. The molecule has 0 saturated heterocycles. The summed E-state index contributed by atoms with van der Waals surface area (Å²) in [7, 11) is -4.72. The average Bonchev–Trinajstić information content (AvgIpc) is 2.76. The Hall–Kier alpha value is -3.77. The zero-order chi connectivity index (χ0) is 26.7. The first kappa shape index (κ1) is 25.3. The van der Waals surface area contributed by atoms with Crippen molar-refractivity contribution in [2.24, 2.45) is 0 Å². The number of hydrogen-bond donors (Lipinski definition) is 2. The standard InChI is InChI=1S/C26H26O8Si2/c1-35(2,3)33-23-14-10-8-7-9-13(14)21(27)19-20(23)22(28)15-11-17(25(29)30)18(26(31)32)12-16(15)24(19)34-36(4,5)6/h7-12H,1-6H3,(H,29,30)(H,31,32). The molecule has 2 aromatic carbocycles. The zero-order valence-electron chi connectivity index (χ0n) is 20.8. The van der Waals surface area contributed by atoms with Gasteiger partial charge < -0.3 is 19.1 Å². The summed E-state index contributed by atoms with van der Waals surface area (Å²) >= 11 is 0. The van der Waals surface area contributed by atoms with Crippen LogP contribution < -0.4 is 0 Å². The molecule has 2 aliphatic rings. The van der Waals surface area contributed by atoms with Gasteiger partial charge >= 0.3 is 11.9 Å². The van der Waals surface area contributed by atoms with Crippen LogP contribution in [-0.4, -0.2) is 50.4 Å². The number of Topliss-reactive ketones (excluding diaryl/α,β-unsaturated/α-hetero) is 2. The number of allylic oxidation sites excluding steroid dienone is 2. The Kier molecular flexibility index (Phi) is 5.92. The number of aromatic carboxylic acids is 2. The van der Waals surface area contributed by atoms with Crippen molar-refractivity contribution < 1.29 is 38.2 Å². The molecule has 0 heterocycles. The third kappa shape index (κ3) is 4.33. The molecule has 10 heteroatoms. The third-order valence-corrected chi connectivity index (χ3v) is 7.13. The van der Waals surface area contributed by atoms with Crippen molar-refractivity contribution in [3.63, 3.8) is 0 Å². The van der Waals surface area contributed by atoms with Gasteiger partial charge in [-0.1, -0.05) is 24.3 Å². The Morgan fingerprint density at radius 3 is 1.47 bits per heavy atom. The second-order valence-electron chi connectivity index (χ2n) is 10.6. The summed E-state index contributed by atoms with van der Waals surface area (Å²) in [6.07, 6.45) is 0.